The van der Waals surface area contributed by atoms with E-state index in [9.17, 15) is 0 Å². The van der Waals surface area contributed by atoms with Gasteiger partial charge in [0, 0.05) is 44.2 Å². The summed E-state index contributed by atoms with van der Waals surface area (Å²) in [6, 6.07) is 12.2. The number of rotatable bonds is 2. The van der Waals surface area contributed by atoms with E-state index in [1.807, 2.05) is 31.3 Å². The van der Waals surface area contributed by atoms with E-state index in [1.165, 1.54) is 5.56 Å². The van der Waals surface area contributed by atoms with Crippen LogP contribution in [0.4, 0.5) is 17.1 Å². The number of nitrogens with two attached hydrogens (primary N) is 1. The second kappa shape index (κ2) is 5.37. The van der Waals surface area contributed by atoms with Gasteiger partial charge in [-0.15, -0.1) is 0 Å². The second-order valence-electron chi connectivity index (χ2n) is 5.16. The van der Waals surface area contributed by atoms with Gasteiger partial charge in [0.05, 0.1) is 0 Å². The van der Waals surface area contributed by atoms with Crippen LogP contribution in [0, 0.1) is 13.8 Å². The van der Waals surface area contributed by atoms with Crippen LogP contribution in [0.3, 0.4) is 0 Å². The Balaban J connectivity index is 2.12. The maximum Gasteiger partial charge on any atom is 0.0466 e. The fourth-order valence-corrected chi connectivity index (χ4v) is 2.86. The lowest BCUT2D eigenvalue weighted by molar-refractivity contribution is 1.22. The van der Waals surface area contributed by atoms with Gasteiger partial charge in [0.1, 0.15) is 0 Å². The van der Waals surface area contributed by atoms with Gasteiger partial charge in [-0.1, -0.05) is 15.9 Å². The molecule has 0 saturated heterocycles. The van der Waals surface area contributed by atoms with Gasteiger partial charge in [-0.2, -0.15) is 0 Å². The first-order chi connectivity index (χ1) is 10.0. The summed E-state index contributed by atoms with van der Waals surface area (Å²) in [4.78, 5) is 4.33. The number of aromatic nitrogens is 1. The Hall–Kier alpha value is -2.07. The third kappa shape index (κ3) is 2.72. The number of anilines is 3. The Morgan fingerprint density at radius 3 is 2.52 bits per heavy atom. The number of hydrogen-bond donors (Lipinski definition) is 2. The highest BCUT2D eigenvalue weighted by Crippen LogP contribution is 2.32. The van der Waals surface area contributed by atoms with Crippen molar-refractivity contribution in [1.82, 2.24) is 4.98 Å². The Morgan fingerprint density at radius 1 is 1.00 bits per heavy atom. The molecular weight excluding hydrogens is 326 g/mol. The average Bonchev–Trinajstić information content (AvgIpc) is 2.44. The fourth-order valence-electron chi connectivity index (χ4n) is 2.39. The van der Waals surface area contributed by atoms with Gasteiger partial charge in [-0.25, -0.2) is 0 Å². The van der Waals surface area contributed by atoms with E-state index in [0.717, 1.165) is 38.0 Å². The molecule has 106 valence electrons. The fraction of sp³-hybridized carbons (Fsp3) is 0.118. The first-order valence-corrected chi connectivity index (χ1v) is 7.52. The molecule has 0 fully saturated rings. The highest BCUT2D eigenvalue weighted by atomic mass is 79.9. The molecule has 3 N–H and O–H groups in total. The number of halogens is 1. The second-order valence-corrected chi connectivity index (χ2v) is 6.07. The standard InChI is InChI=1S/C17H16BrN3/c1-10-7-12(18)3-5-16(10)21-17-6-4-15(19)14-9-20-11(2)8-13(14)17/h3-9,21H,19H2,1-2H3. The van der Waals surface area contributed by atoms with Crippen LogP contribution in [0.5, 0.6) is 0 Å². The predicted molar refractivity (Wildman–Crippen MR) is 93.1 cm³/mol. The summed E-state index contributed by atoms with van der Waals surface area (Å²) >= 11 is 3.49. The number of nitrogens with one attached hydrogen (secondary N) is 1. The van der Waals surface area contributed by atoms with Crippen LogP contribution in [0.2, 0.25) is 0 Å². The number of benzene rings is 2. The van der Waals surface area contributed by atoms with Crippen LogP contribution in [0.15, 0.2) is 47.1 Å². The largest absolute Gasteiger partial charge is 0.398 e. The van der Waals surface area contributed by atoms with Crippen molar-refractivity contribution in [2.45, 2.75) is 13.8 Å². The molecule has 4 heteroatoms. The minimum absolute atomic E-state index is 0.746. The average molecular weight is 342 g/mol. The van der Waals surface area contributed by atoms with Gasteiger partial charge in [0.2, 0.25) is 0 Å². The molecule has 0 amide bonds. The molecule has 21 heavy (non-hydrogen) atoms. The number of nitrogen functional groups attached to an aromatic ring is 1. The van der Waals surface area contributed by atoms with Gasteiger partial charge in [0.25, 0.3) is 0 Å². The minimum atomic E-state index is 0.746. The van der Waals surface area contributed by atoms with Gasteiger partial charge in [0.15, 0.2) is 0 Å². The summed E-state index contributed by atoms with van der Waals surface area (Å²) in [7, 11) is 0. The smallest absolute Gasteiger partial charge is 0.0466 e. The summed E-state index contributed by atoms with van der Waals surface area (Å²) in [5.74, 6) is 0. The zero-order valence-corrected chi connectivity index (χ0v) is 13.5. The molecule has 0 aliphatic heterocycles. The molecule has 0 radical (unpaired) electrons. The van der Waals surface area contributed by atoms with Crippen LogP contribution >= 0.6 is 15.9 Å². The van der Waals surface area contributed by atoms with E-state index >= 15 is 0 Å². The van der Waals surface area contributed by atoms with Crippen LogP contribution in [-0.4, -0.2) is 4.98 Å². The number of aryl methyl sites for hydroxylation is 2. The van der Waals surface area contributed by atoms with Gasteiger partial charge in [-0.3, -0.25) is 4.98 Å². The highest BCUT2D eigenvalue weighted by Gasteiger charge is 2.07. The number of nitrogens with zero attached hydrogens (tertiary/aromatic N) is 1. The van der Waals surface area contributed by atoms with E-state index in [1.54, 1.807) is 0 Å². The first-order valence-electron chi connectivity index (χ1n) is 6.72. The van der Waals surface area contributed by atoms with Crippen LogP contribution in [0.1, 0.15) is 11.3 Å². The number of fused-ring (bicyclic) bond motifs is 1. The molecule has 0 saturated carbocycles. The Morgan fingerprint density at radius 2 is 1.76 bits per heavy atom. The molecule has 2 aromatic carbocycles. The van der Waals surface area contributed by atoms with E-state index in [-0.39, 0.29) is 0 Å². The first kappa shape index (κ1) is 13.9. The minimum Gasteiger partial charge on any atom is -0.398 e. The lowest BCUT2D eigenvalue weighted by Gasteiger charge is -2.14. The van der Waals surface area contributed by atoms with Gasteiger partial charge >= 0.3 is 0 Å². The monoisotopic (exact) mass is 341 g/mol. The Kier molecular flexibility index (Phi) is 3.55. The molecule has 3 rings (SSSR count). The summed E-state index contributed by atoms with van der Waals surface area (Å²) in [5.41, 5.74) is 11.1. The molecule has 0 atom stereocenters. The van der Waals surface area contributed by atoms with E-state index in [0.29, 0.717) is 0 Å². The highest BCUT2D eigenvalue weighted by molar-refractivity contribution is 9.10. The van der Waals surface area contributed by atoms with Gasteiger partial charge < -0.3 is 11.1 Å². The SMILES string of the molecule is Cc1cc2c(Nc3ccc(Br)cc3C)ccc(N)c2cn1. The Labute approximate surface area is 132 Å². The van der Waals surface area contributed by atoms with E-state index in [2.05, 4.69) is 51.4 Å². The summed E-state index contributed by atoms with van der Waals surface area (Å²) in [6.45, 7) is 4.07. The van der Waals surface area contributed by atoms with Crippen molar-refractivity contribution in [2.75, 3.05) is 11.1 Å². The van der Waals surface area contributed by atoms with Crippen molar-refractivity contribution in [3.8, 4) is 0 Å². The van der Waals surface area contributed by atoms with Crippen molar-refractivity contribution in [3.05, 3.63) is 58.3 Å². The lowest BCUT2D eigenvalue weighted by Crippen LogP contribution is -1.97. The molecule has 0 bridgehead atoms. The normalized spacial score (nSPS) is 10.8. The maximum atomic E-state index is 6.04. The number of hydrogen-bond acceptors (Lipinski definition) is 3. The van der Waals surface area contributed by atoms with Crippen molar-refractivity contribution >= 4 is 43.8 Å². The van der Waals surface area contributed by atoms with Crippen molar-refractivity contribution in [1.29, 1.82) is 0 Å². The van der Waals surface area contributed by atoms with E-state index in [4.69, 9.17) is 5.73 Å². The molecule has 3 aromatic rings. The maximum absolute atomic E-state index is 6.04. The van der Waals surface area contributed by atoms with Crippen LogP contribution < -0.4 is 11.1 Å². The molecule has 0 aliphatic rings. The Bertz CT molecular complexity index is 828. The third-order valence-corrected chi connectivity index (χ3v) is 4.02. The van der Waals surface area contributed by atoms with Gasteiger partial charge in [-0.05, 0) is 55.8 Å². The van der Waals surface area contributed by atoms with Crippen molar-refractivity contribution in [3.63, 3.8) is 0 Å². The van der Waals surface area contributed by atoms with E-state index < -0.39 is 0 Å². The molecule has 3 nitrogen and oxygen atoms in total. The van der Waals surface area contributed by atoms with Crippen LogP contribution in [-0.2, 0) is 0 Å². The topological polar surface area (TPSA) is 50.9 Å². The molecule has 1 heterocycles. The van der Waals surface area contributed by atoms with Crippen molar-refractivity contribution < 1.29 is 0 Å². The molecule has 0 unspecified atom stereocenters. The number of pyridine rings is 1. The van der Waals surface area contributed by atoms with Crippen LogP contribution in [0.25, 0.3) is 10.8 Å². The zero-order valence-electron chi connectivity index (χ0n) is 11.9. The van der Waals surface area contributed by atoms with Crippen molar-refractivity contribution in [2.24, 2.45) is 0 Å². The summed E-state index contributed by atoms with van der Waals surface area (Å²) in [5, 5.41) is 5.55. The predicted octanol–water partition coefficient (Wildman–Crippen LogP) is 4.94. The summed E-state index contributed by atoms with van der Waals surface area (Å²) < 4.78 is 1.08. The third-order valence-electron chi connectivity index (χ3n) is 3.53. The zero-order chi connectivity index (χ0) is 15.0. The summed E-state index contributed by atoms with van der Waals surface area (Å²) in [6.07, 6.45) is 1.83. The molecular formula is C17H16BrN3. The molecule has 1 aromatic heterocycles. The lowest BCUT2D eigenvalue weighted by atomic mass is 10.1. The molecule has 0 aliphatic carbocycles. The molecule has 0 spiro atoms. The quantitative estimate of drug-likeness (QED) is 0.649.